The molecule has 0 aliphatic rings. The zero-order valence-electron chi connectivity index (χ0n) is 13.3. The van der Waals surface area contributed by atoms with Crippen molar-refractivity contribution in [2.75, 3.05) is 0 Å². The standard InChI is InChI=1S/C18H16BrN3O2/c1-11-18(24)22(2)16-7-6-13(9-15(16)21-11)17(23)20-10-12-4-3-5-14(19)8-12/h3-9H,10H2,1-2H3,(H,20,23). The van der Waals surface area contributed by atoms with Crippen molar-refractivity contribution in [3.63, 3.8) is 0 Å². The summed E-state index contributed by atoms with van der Waals surface area (Å²) in [7, 11) is 1.70. The molecule has 0 unspecified atom stereocenters. The molecule has 2 aromatic carbocycles. The molecule has 3 rings (SSSR count). The summed E-state index contributed by atoms with van der Waals surface area (Å²) in [6.07, 6.45) is 0. The van der Waals surface area contributed by atoms with Gasteiger partial charge in [0, 0.05) is 23.6 Å². The lowest BCUT2D eigenvalue weighted by molar-refractivity contribution is 0.0951. The maximum absolute atomic E-state index is 12.4. The molecule has 1 aromatic heterocycles. The van der Waals surface area contributed by atoms with E-state index in [1.54, 1.807) is 36.7 Å². The molecule has 1 heterocycles. The quantitative estimate of drug-likeness (QED) is 0.753. The molecule has 3 aromatic rings. The number of aromatic nitrogens is 2. The van der Waals surface area contributed by atoms with Crippen LogP contribution in [0.25, 0.3) is 11.0 Å². The Kier molecular flexibility index (Phi) is 4.49. The number of nitrogens with one attached hydrogen (secondary N) is 1. The van der Waals surface area contributed by atoms with E-state index in [1.807, 2.05) is 24.3 Å². The van der Waals surface area contributed by atoms with Gasteiger partial charge in [0.2, 0.25) is 0 Å². The second-order valence-corrected chi connectivity index (χ2v) is 6.49. The van der Waals surface area contributed by atoms with Crippen LogP contribution in [0.5, 0.6) is 0 Å². The number of hydrogen-bond donors (Lipinski definition) is 1. The number of rotatable bonds is 3. The highest BCUT2D eigenvalue weighted by molar-refractivity contribution is 9.10. The van der Waals surface area contributed by atoms with Crippen molar-refractivity contribution < 1.29 is 4.79 Å². The fraction of sp³-hybridized carbons (Fsp3) is 0.167. The number of amides is 1. The van der Waals surface area contributed by atoms with E-state index < -0.39 is 0 Å². The smallest absolute Gasteiger partial charge is 0.272 e. The summed E-state index contributed by atoms with van der Waals surface area (Å²) >= 11 is 3.41. The van der Waals surface area contributed by atoms with Gasteiger partial charge in [-0.3, -0.25) is 9.59 Å². The summed E-state index contributed by atoms with van der Waals surface area (Å²) in [6, 6.07) is 12.9. The lowest BCUT2D eigenvalue weighted by Crippen LogP contribution is -2.24. The van der Waals surface area contributed by atoms with Gasteiger partial charge in [-0.15, -0.1) is 0 Å². The Balaban J connectivity index is 1.85. The molecule has 24 heavy (non-hydrogen) atoms. The Hall–Kier alpha value is -2.47. The third-order valence-corrected chi connectivity index (χ3v) is 4.34. The topological polar surface area (TPSA) is 64.0 Å². The first kappa shape index (κ1) is 16.4. The largest absolute Gasteiger partial charge is 0.348 e. The monoisotopic (exact) mass is 385 g/mol. The maximum atomic E-state index is 12.4. The molecule has 6 heteroatoms. The van der Waals surface area contributed by atoms with Crippen molar-refractivity contribution in [1.82, 2.24) is 14.9 Å². The van der Waals surface area contributed by atoms with Gasteiger partial charge in [-0.05, 0) is 42.8 Å². The van der Waals surface area contributed by atoms with Crippen LogP contribution in [0.4, 0.5) is 0 Å². The summed E-state index contributed by atoms with van der Waals surface area (Å²) in [5.74, 6) is -0.176. The van der Waals surface area contributed by atoms with Crippen LogP contribution in [0.2, 0.25) is 0 Å². The van der Waals surface area contributed by atoms with Gasteiger partial charge in [-0.25, -0.2) is 4.98 Å². The van der Waals surface area contributed by atoms with Crippen molar-refractivity contribution in [1.29, 1.82) is 0 Å². The summed E-state index contributed by atoms with van der Waals surface area (Å²) in [4.78, 5) is 28.6. The van der Waals surface area contributed by atoms with Gasteiger partial charge in [0.15, 0.2) is 0 Å². The maximum Gasteiger partial charge on any atom is 0.272 e. The van der Waals surface area contributed by atoms with Crippen molar-refractivity contribution in [2.45, 2.75) is 13.5 Å². The second kappa shape index (κ2) is 6.57. The van der Waals surface area contributed by atoms with Gasteiger partial charge in [-0.2, -0.15) is 0 Å². The number of hydrogen-bond acceptors (Lipinski definition) is 3. The van der Waals surface area contributed by atoms with Crippen molar-refractivity contribution in [3.05, 3.63) is 74.1 Å². The minimum absolute atomic E-state index is 0.130. The highest BCUT2D eigenvalue weighted by Gasteiger charge is 2.10. The molecule has 0 aliphatic heterocycles. The van der Waals surface area contributed by atoms with Crippen molar-refractivity contribution in [3.8, 4) is 0 Å². The number of carbonyl (C=O) groups is 1. The van der Waals surface area contributed by atoms with Crippen molar-refractivity contribution >= 4 is 32.9 Å². The fourth-order valence-corrected chi connectivity index (χ4v) is 3.00. The highest BCUT2D eigenvalue weighted by atomic mass is 79.9. The first-order chi connectivity index (χ1) is 11.5. The lowest BCUT2D eigenvalue weighted by atomic mass is 10.1. The molecule has 0 fully saturated rings. The average molecular weight is 386 g/mol. The SMILES string of the molecule is Cc1nc2cc(C(=O)NCc3cccc(Br)c3)ccc2n(C)c1=O. The van der Waals surface area contributed by atoms with Gasteiger partial charge in [0.25, 0.3) is 11.5 Å². The van der Waals surface area contributed by atoms with Crippen LogP contribution in [0.15, 0.2) is 51.7 Å². The lowest BCUT2D eigenvalue weighted by Gasteiger charge is -2.09. The second-order valence-electron chi connectivity index (χ2n) is 5.58. The van der Waals surface area contributed by atoms with E-state index in [2.05, 4.69) is 26.2 Å². The number of aryl methyl sites for hydroxylation is 2. The number of fused-ring (bicyclic) bond motifs is 1. The van der Waals surface area contributed by atoms with Crippen LogP contribution in [0.1, 0.15) is 21.6 Å². The number of nitrogens with zero attached hydrogens (tertiary/aromatic N) is 2. The Labute approximate surface area is 147 Å². The van der Waals surface area contributed by atoms with Gasteiger partial charge in [-0.1, -0.05) is 28.1 Å². The van der Waals surface area contributed by atoms with Crippen LogP contribution < -0.4 is 10.9 Å². The molecule has 0 radical (unpaired) electrons. The molecule has 0 aliphatic carbocycles. The normalized spacial score (nSPS) is 10.8. The van der Waals surface area contributed by atoms with E-state index in [0.29, 0.717) is 28.8 Å². The number of benzene rings is 2. The zero-order chi connectivity index (χ0) is 17.3. The van der Waals surface area contributed by atoms with E-state index in [0.717, 1.165) is 10.0 Å². The molecule has 0 atom stereocenters. The molecule has 1 amide bonds. The third-order valence-electron chi connectivity index (χ3n) is 3.84. The van der Waals surface area contributed by atoms with Gasteiger partial charge < -0.3 is 9.88 Å². The van der Waals surface area contributed by atoms with Crippen LogP contribution in [0.3, 0.4) is 0 Å². The summed E-state index contributed by atoms with van der Waals surface area (Å²) in [6.45, 7) is 2.11. The van der Waals surface area contributed by atoms with E-state index in [-0.39, 0.29) is 11.5 Å². The molecule has 0 saturated carbocycles. The van der Waals surface area contributed by atoms with Crippen LogP contribution in [-0.4, -0.2) is 15.5 Å². The summed E-state index contributed by atoms with van der Waals surface area (Å²) in [5, 5.41) is 2.89. The molecule has 0 spiro atoms. The van der Waals surface area contributed by atoms with Gasteiger partial charge in [0.1, 0.15) is 5.69 Å². The third kappa shape index (κ3) is 3.23. The van der Waals surface area contributed by atoms with Gasteiger partial charge in [0.05, 0.1) is 11.0 Å². The van der Waals surface area contributed by atoms with E-state index in [1.165, 1.54) is 0 Å². The molecule has 0 bridgehead atoms. The Morgan fingerprint density at radius 2 is 2.04 bits per heavy atom. The predicted molar refractivity (Wildman–Crippen MR) is 97.0 cm³/mol. The fourth-order valence-electron chi connectivity index (χ4n) is 2.55. The molecule has 0 saturated heterocycles. The number of halogens is 1. The summed E-state index contributed by atoms with van der Waals surface area (Å²) in [5.41, 5.74) is 3.14. The number of carbonyl (C=O) groups excluding carboxylic acids is 1. The van der Waals surface area contributed by atoms with E-state index in [9.17, 15) is 9.59 Å². The Morgan fingerprint density at radius 3 is 2.79 bits per heavy atom. The molecule has 5 nitrogen and oxygen atoms in total. The molecule has 122 valence electrons. The Morgan fingerprint density at radius 1 is 1.25 bits per heavy atom. The van der Waals surface area contributed by atoms with Crippen LogP contribution in [-0.2, 0) is 13.6 Å². The first-order valence-corrected chi connectivity index (χ1v) is 8.25. The molecular formula is C18H16BrN3O2. The average Bonchev–Trinajstić information content (AvgIpc) is 2.57. The minimum atomic E-state index is -0.176. The zero-order valence-corrected chi connectivity index (χ0v) is 14.9. The van der Waals surface area contributed by atoms with Crippen LogP contribution >= 0.6 is 15.9 Å². The highest BCUT2D eigenvalue weighted by Crippen LogP contribution is 2.14. The molecular weight excluding hydrogens is 370 g/mol. The van der Waals surface area contributed by atoms with E-state index in [4.69, 9.17) is 0 Å². The predicted octanol–water partition coefficient (Wildman–Crippen LogP) is 2.93. The Bertz CT molecular complexity index is 995. The molecule has 1 N–H and O–H groups in total. The summed E-state index contributed by atoms with van der Waals surface area (Å²) < 4.78 is 2.52. The van der Waals surface area contributed by atoms with Crippen LogP contribution in [0, 0.1) is 6.92 Å². The minimum Gasteiger partial charge on any atom is -0.348 e. The van der Waals surface area contributed by atoms with Crippen molar-refractivity contribution in [2.24, 2.45) is 7.05 Å². The first-order valence-electron chi connectivity index (χ1n) is 7.46. The van der Waals surface area contributed by atoms with E-state index >= 15 is 0 Å². The van der Waals surface area contributed by atoms with Gasteiger partial charge >= 0.3 is 0 Å².